The third kappa shape index (κ3) is 3.66. The molecule has 0 aliphatic heterocycles. The van der Waals surface area contributed by atoms with Crippen LogP contribution < -0.4 is 0 Å². The van der Waals surface area contributed by atoms with Gasteiger partial charge in [-0.3, -0.25) is 4.79 Å². The monoisotopic (exact) mass is 214 g/mol. The Balaban J connectivity index is 4.83. The SMILES string of the molecule is CC=C(C)C(C(=O)OCC)[Si](C)(C)C. The van der Waals surface area contributed by atoms with E-state index in [0.717, 1.165) is 5.57 Å². The summed E-state index contributed by atoms with van der Waals surface area (Å²) in [4.78, 5) is 11.8. The molecule has 0 rings (SSSR count). The van der Waals surface area contributed by atoms with Gasteiger partial charge < -0.3 is 4.74 Å². The zero-order chi connectivity index (χ0) is 11.4. The van der Waals surface area contributed by atoms with Gasteiger partial charge in [0.2, 0.25) is 0 Å². The predicted molar refractivity (Wildman–Crippen MR) is 63.2 cm³/mol. The average Bonchev–Trinajstić information content (AvgIpc) is 2.02. The first-order valence-electron chi connectivity index (χ1n) is 5.14. The van der Waals surface area contributed by atoms with Crippen LogP contribution in [0.4, 0.5) is 0 Å². The number of carbonyl (C=O) groups excluding carboxylic acids is 1. The normalized spacial score (nSPS) is 15.1. The minimum absolute atomic E-state index is 0.00690. The maximum absolute atomic E-state index is 11.8. The molecule has 82 valence electrons. The van der Waals surface area contributed by atoms with E-state index in [0.29, 0.717) is 6.61 Å². The van der Waals surface area contributed by atoms with Crippen molar-refractivity contribution in [1.29, 1.82) is 0 Å². The van der Waals surface area contributed by atoms with E-state index < -0.39 is 8.07 Å². The molecule has 0 radical (unpaired) electrons. The standard InChI is InChI=1S/C11H22O2Si/c1-7-9(3)10(14(4,5)6)11(12)13-8-2/h7,10H,8H2,1-6H3. The van der Waals surface area contributed by atoms with Gasteiger partial charge in [0, 0.05) is 0 Å². The summed E-state index contributed by atoms with van der Waals surface area (Å²) in [5.41, 5.74) is 1.15. The number of esters is 1. The van der Waals surface area contributed by atoms with Gasteiger partial charge in [-0.15, -0.1) is 0 Å². The van der Waals surface area contributed by atoms with Gasteiger partial charge in [-0.25, -0.2) is 0 Å². The highest BCUT2D eigenvalue weighted by Gasteiger charge is 2.34. The van der Waals surface area contributed by atoms with Gasteiger partial charge in [-0.2, -0.15) is 0 Å². The number of allylic oxidation sites excluding steroid dienone is 1. The molecule has 0 spiro atoms. The molecule has 3 heteroatoms. The van der Waals surface area contributed by atoms with E-state index in [9.17, 15) is 4.79 Å². The zero-order valence-corrected chi connectivity index (χ0v) is 11.2. The van der Waals surface area contributed by atoms with Crippen LogP contribution in [0.25, 0.3) is 0 Å². The largest absolute Gasteiger partial charge is 0.466 e. The van der Waals surface area contributed by atoms with Crippen molar-refractivity contribution in [2.24, 2.45) is 0 Å². The fourth-order valence-electron chi connectivity index (χ4n) is 1.61. The van der Waals surface area contributed by atoms with Crippen LogP contribution in [0.2, 0.25) is 25.2 Å². The smallest absolute Gasteiger partial charge is 0.310 e. The number of carbonyl (C=O) groups is 1. The van der Waals surface area contributed by atoms with E-state index in [2.05, 4.69) is 19.6 Å². The minimum atomic E-state index is -1.51. The van der Waals surface area contributed by atoms with Crippen molar-refractivity contribution in [3.8, 4) is 0 Å². The van der Waals surface area contributed by atoms with Crippen LogP contribution in [-0.2, 0) is 9.53 Å². The summed E-state index contributed by atoms with van der Waals surface area (Å²) in [6.45, 7) is 12.9. The predicted octanol–water partition coefficient (Wildman–Crippen LogP) is 3.22. The minimum Gasteiger partial charge on any atom is -0.466 e. The van der Waals surface area contributed by atoms with Gasteiger partial charge in [0.1, 0.15) is 0 Å². The number of hydrogen-bond acceptors (Lipinski definition) is 2. The lowest BCUT2D eigenvalue weighted by molar-refractivity contribution is -0.142. The van der Waals surface area contributed by atoms with Crippen LogP contribution in [0.5, 0.6) is 0 Å². The lowest BCUT2D eigenvalue weighted by Gasteiger charge is -2.27. The summed E-state index contributed by atoms with van der Waals surface area (Å²) in [6, 6.07) is 0. The Kier molecular flexibility index (Phi) is 5.12. The number of hydrogen-bond donors (Lipinski definition) is 0. The highest BCUT2D eigenvalue weighted by molar-refractivity contribution is 6.81. The Morgan fingerprint density at radius 2 is 1.93 bits per heavy atom. The summed E-state index contributed by atoms with van der Waals surface area (Å²) >= 11 is 0. The van der Waals surface area contributed by atoms with Gasteiger partial charge in [-0.1, -0.05) is 31.3 Å². The highest BCUT2D eigenvalue weighted by atomic mass is 28.3. The Morgan fingerprint density at radius 1 is 1.43 bits per heavy atom. The van der Waals surface area contributed by atoms with Gasteiger partial charge in [0.15, 0.2) is 0 Å². The molecule has 2 nitrogen and oxygen atoms in total. The maximum atomic E-state index is 11.8. The molecule has 1 atom stereocenters. The zero-order valence-electron chi connectivity index (χ0n) is 10.2. The molecule has 0 aromatic rings. The van der Waals surface area contributed by atoms with Crippen LogP contribution in [0.1, 0.15) is 20.8 Å². The van der Waals surface area contributed by atoms with E-state index in [4.69, 9.17) is 4.74 Å². The molecule has 0 amide bonds. The fraction of sp³-hybridized carbons (Fsp3) is 0.727. The van der Waals surface area contributed by atoms with Crippen molar-refractivity contribution >= 4 is 14.0 Å². The fourth-order valence-corrected chi connectivity index (χ4v) is 3.94. The summed E-state index contributed by atoms with van der Waals surface area (Å²) in [6.07, 6.45) is 2.01. The lowest BCUT2D eigenvalue weighted by atomic mass is 10.2. The second kappa shape index (κ2) is 5.34. The van der Waals surface area contributed by atoms with Gasteiger partial charge in [0.25, 0.3) is 0 Å². The Bertz CT molecular complexity index is 226. The molecule has 0 N–H and O–H groups in total. The number of ether oxygens (including phenoxy) is 1. The Labute approximate surface area is 88.4 Å². The lowest BCUT2D eigenvalue weighted by Crippen LogP contribution is -2.35. The maximum Gasteiger partial charge on any atom is 0.310 e. The van der Waals surface area contributed by atoms with E-state index in [1.165, 1.54) is 0 Å². The van der Waals surface area contributed by atoms with Crippen LogP contribution in [0, 0.1) is 0 Å². The summed E-state index contributed by atoms with van der Waals surface area (Å²) in [5.74, 6) is -0.0535. The van der Waals surface area contributed by atoms with Crippen LogP contribution in [0.15, 0.2) is 11.6 Å². The first-order chi connectivity index (χ1) is 6.34. The van der Waals surface area contributed by atoms with Crippen molar-refractivity contribution in [2.45, 2.75) is 46.0 Å². The van der Waals surface area contributed by atoms with Crippen molar-refractivity contribution < 1.29 is 9.53 Å². The topological polar surface area (TPSA) is 26.3 Å². The molecular weight excluding hydrogens is 192 g/mol. The molecule has 0 aliphatic rings. The molecule has 0 aliphatic carbocycles. The molecule has 0 fully saturated rings. The van der Waals surface area contributed by atoms with Crippen molar-refractivity contribution in [3.05, 3.63) is 11.6 Å². The van der Waals surface area contributed by atoms with Gasteiger partial charge >= 0.3 is 5.97 Å². The van der Waals surface area contributed by atoms with Crippen LogP contribution in [0.3, 0.4) is 0 Å². The number of rotatable bonds is 4. The first-order valence-corrected chi connectivity index (χ1v) is 8.71. The molecular formula is C11H22O2Si. The van der Waals surface area contributed by atoms with Crippen LogP contribution >= 0.6 is 0 Å². The summed E-state index contributed by atoms with van der Waals surface area (Å²) < 4.78 is 5.11. The van der Waals surface area contributed by atoms with E-state index in [1.807, 2.05) is 26.8 Å². The molecule has 0 saturated heterocycles. The van der Waals surface area contributed by atoms with E-state index in [-0.39, 0.29) is 11.5 Å². The van der Waals surface area contributed by atoms with Gasteiger partial charge in [-0.05, 0) is 20.8 Å². The van der Waals surface area contributed by atoms with Gasteiger partial charge in [0.05, 0.1) is 20.2 Å². The third-order valence-electron chi connectivity index (χ3n) is 2.30. The summed E-state index contributed by atoms with van der Waals surface area (Å²) in [7, 11) is -1.51. The third-order valence-corrected chi connectivity index (χ3v) is 4.72. The molecule has 0 aromatic heterocycles. The highest BCUT2D eigenvalue weighted by Crippen LogP contribution is 2.30. The molecule has 1 unspecified atom stereocenters. The second-order valence-electron chi connectivity index (χ2n) is 4.58. The van der Waals surface area contributed by atoms with E-state index >= 15 is 0 Å². The molecule has 14 heavy (non-hydrogen) atoms. The quantitative estimate of drug-likeness (QED) is 0.408. The summed E-state index contributed by atoms with van der Waals surface area (Å²) in [5, 5.41) is 0. The Morgan fingerprint density at radius 3 is 2.21 bits per heavy atom. The van der Waals surface area contributed by atoms with E-state index in [1.54, 1.807) is 0 Å². The molecule has 0 heterocycles. The molecule has 0 bridgehead atoms. The average molecular weight is 214 g/mol. The first kappa shape index (κ1) is 13.4. The molecule has 0 saturated carbocycles. The van der Waals surface area contributed by atoms with Crippen molar-refractivity contribution in [3.63, 3.8) is 0 Å². The van der Waals surface area contributed by atoms with Crippen molar-refractivity contribution in [2.75, 3.05) is 6.61 Å². The van der Waals surface area contributed by atoms with Crippen molar-refractivity contribution in [1.82, 2.24) is 0 Å². The molecule has 0 aromatic carbocycles. The second-order valence-corrected chi connectivity index (χ2v) is 9.89. The van der Waals surface area contributed by atoms with Crippen LogP contribution in [-0.4, -0.2) is 20.7 Å². The Hall–Kier alpha value is -0.573.